The first kappa shape index (κ1) is 15.5. The molecule has 2 aromatic rings. The largest absolute Gasteiger partial charge is 0.476 e. The lowest BCUT2D eigenvalue weighted by molar-refractivity contribution is 0.211. The van der Waals surface area contributed by atoms with Crippen LogP contribution >= 0.6 is 0 Å². The predicted molar refractivity (Wildman–Crippen MR) is 86.2 cm³/mol. The van der Waals surface area contributed by atoms with E-state index in [9.17, 15) is 0 Å². The van der Waals surface area contributed by atoms with Gasteiger partial charge in [0.1, 0.15) is 6.61 Å². The molecule has 0 aliphatic heterocycles. The third-order valence-corrected chi connectivity index (χ3v) is 3.17. The quantitative estimate of drug-likeness (QED) is 0.755. The van der Waals surface area contributed by atoms with Gasteiger partial charge < -0.3 is 19.7 Å². The minimum absolute atomic E-state index is 0.625. The normalized spacial score (nSPS) is 11.0. The van der Waals surface area contributed by atoms with Crippen LogP contribution in [-0.2, 0) is 4.74 Å². The molecule has 1 N–H and O–H groups in total. The summed E-state index contributed by atoms with van der Waals surface area (Å²) in [6, 6.07) is 8.11. The number of anilines is 1. The highest BCUT2D eigenvalue weighted by Gasteiger charge is 2.07. The van der Waals surface area contributed by atoms with E-state index in [1.54, 1.807) is 13.3 Å². The Kier molecular flexibility index (Phi) is 5.78. The topological polar surface area (TPSA) is 46.6 Å². The van der Waals surface area contributed by atoms with Crippen molar-refractivity contribution in [2.45, 2.75) is 0 Å². The number of hydrogen-bond acceptors (Lipinski definition) is 5. The number of benzene rings is 1. The molecule has 1 aromatic carbocycles. The summed E-state index contributed by atoms with van der Waals surface area (Å²) in [6.45, 7) is 2.94. The zero-order valence-electron chi connectivity index (χ0n) is 12.9. The molecular formula is C16H23N3O2. The van der Waals surface area contributed by atoms with E-state index in [1.807, 2.05) is 32.3 Å². The standard InChI is InChI=1S/C16H23N3O2/c1-19(2)10-12-21-16-14-5-4-6-15(17-9-11-20-3)13(14)7-8-18-16/h4-8,17H,9-12H2,1-3H3. The molecule has 0 unspecified atom stereocenters. The number of aromatic nitrogens is 1. The average molecular weight is 289 g/mol. The molecule has 114 valence electrons. The number of rotatable bonds is 8. The second-order valence-electron chi connectivity index (χ2n) is 5.09. The molecule has 0 spiro atoms. The molecule has 1 heterocycles. The van der Waals surface area contributed by atoms with Gasteiger partial charge >= 0.3 is 0 Å². The maximum Gasteiger partial charge on any atom is 0.221 e. The highest BCUT2D eigenvalue weighted by molar-refractivity contribution is 5.96. The van der Waals surface area contributed by atoms with Crippen molar-refractivity contribution in [2.24, 2.45) is 0 Å². The Hall–Kier alpha value is -1.85. The summed E-state index contributed by atoms with van der Waals surface area (Å²) in [5.41, 5.74) is 1.07. The third kappa shape index (κ3) is 4.31. The summed E-state index contributed by atoms with van der Waals surface area (Å²) in [4.78, 5) is 6.43. The first-order chi connectivity index (χ1) is 10.2. The summed E-state index contributed by atoms with van der Waals surface area (Å²) in [6.07, 6.45) is 1.79. The molecule has 0 atom stereocenters. The maximum atomic E-state index is 5.81. The van der Waals surface area contributed by atoms with Crippen molar-refractivity contribution in [1.29, 1.82) is 0 Å². The Bertz CT molecular complexity index is 572. The average Bonchev–Trinajstić information content (AvgIpc) is 2.48. The Labute approximate surface area is 125 Å². The van der Waals surface area contributed by atoms with Crippen molar-refractivity contribution in [3.63, 3.8) is 0 Å². The SMILES string of the molecule is COCCNc1cccc2c(OCCN(C)C)nccc12. The van der Waals surface area contributed by atoms with Gasteiger partial charge in [-0.25, -0.2) is 4.98 Å². The number of pyridine rings is 1. The first-order valence-corrected chi connectivity index (χ1v) is 7.10. The fourth-order valence-electron chi connectivity index (χ4n) is 2.06. The molecule has 0 aliphatic rings. The van der Waals surface area contributed by atoms with Crippen LogP contribution in [0.4, 0.5) is 5.69 Å². The van der Waals surface area contributed by atoms with Gasteiger partial charge in [0.15, 0.2) is 0 Å². The van der Waals surface area contributed by atoms with Gasteiger partial charge in [-0.2, -0.15) is 0 Å². The summed E-state index contributed by atoms with van der Waals surface area (Å²) >= 11 is 0. The summed E-state index contributed by atoms with van der Waals surface area (Å²) in [5.74, 6) is 0.685. The van der Waals surface area contributed by atoms with E-state index >= 15 is 0 Å². The Balaban J connectivity index is 2.18. The maximum absolute atomic E-state index is 5.81. The number of nitrogens with zero attached hydrogens (tertiary/aromatic N) is 2. The molecule has 0 amide bonds. The zero-order chi connectivity index (χ0) is 15.1. The van der Waals surface area contributed by atoms with Crippen molar-refractivity contribution in [3.05, 3.63) is 30.5 Å². The van der Waals surface area contributed by atoms with Crippen molar-refractivity contribution in [2.75, 3.05) is 52.8 Å². The van der Waals surface area contributed by atoms with Crippen molar-refractivity contribution >= 4 is 16.5 Å². The van der Waals surface area contributed by atoms with E-state index in [0.29, 0.717) is 19.1 Å². The molecule has 0 aliphatic carbocycles. The molecule has 2 rings (SSSR count). The van der Waals surface area contributed by atoms with Crippen LogP contribution in [0.2, 0.25) is 0 Å². The second kappa shape index (κ2) is 7.81. The van der Waals surface area contributed by atoms with Gasteiger partial charge in [-0.15, -0.1) is 0 Å². The molecule has 5 nitrogen and oxygen atoms in total. The first-order valence-electron chi connectivity index (χ1n) is 7.10. The van der Waals surface area contributed by atoms with E-state index in [4.69, 9.17) is 9.47 Å². The van der Waals surface area contributed by atoms with Gasteiger partial charge in [0.05, 0.1) is 6.61 Å². The molecule has 5 heteroatoms. The number of nitrogens with one attached hydrogen (secondary N) is 1. The monoisotopic (exact) mass is 289 g/mol. The molecule has 21 heavy (non-hydrogen) atoms. The van der Waals surface area contributed by atoms with E-state index in [1.165, 1.54) is 0 Å². The molecule has 0 saturated heterocycles. The van der Waals surface area contributed by atoms with Gasteiger partial charge in [-0.3, -0.25) is 0 Å². The van der Waals surface area contributed by atoms with Crippen LogP contribution in [0.15, 0.2) is 30.5 Å². The second-order valence-corrected chi connectivity index (χ2v) is 5.09. The highest BCUT2D eigenvalue weighted by atomic mass is 16.5. The van der Waals surface area contributed by atoms with Gasteiger partial charge in [-0.05, 0) is 32.3 Å². The third-order valence-electron chi connectivity index (χ3n) is 3.17. The Morgan fingerprint density at radius 1 is 1.14 bits per heavy atom. The summed E-state index contributed by atoms with van der Waals surface area (Å²) in [5, 5.41) is 5.51. The fraction of sp³-hybridized carbons (Fsp3) is 0.438. The molecule has 0 radical (unpaired) electrons. The van der Waals surface area contributed by atoms with Crippen LogP contribution in [0.25, 0.3) is 10.8 Å². The van der Waals surface area contributed by atoms with Crippen LogP contribution in [0.5, 0.6) is 5.88 Å². The number of likely N-dealkylation sites (N-methyl/N-ethyl adjacent to an activating group) is 1. The van der Waals surface area contributed by atoms with E-state index in [0.717, 1.165) is 29.5 Å². The minimum atomic E-state index is 0.625. The molecular weight excluding hydrogens is 266 g/mol. The molecule has 0 bridgehead atoms. The fourth-order valence-corrected chi connectivity index (χ4v) is 2.06. The molecule has 0 fully saturated rings. The van der Waals surface area contributed by atoms with Crippen LogP contribution in [0.3, 0.4) is 0 Å². The van der Waals surface area contributed by atoms with Crippen molar-refractivity contribution < 1.29 is 9.47 Å². The summed E-state index contributed by atoms with van der Waals surface area (Å²) < 4.78 is 10.9. The molecule has 1 aromatic heterocycles. The number of ether oxygens (including phenoxy) is 2. The number of hydrogen-bond donors (Lipinski definition) is 1. The highest BCUT2D eigenvalue weighted by Crippen LogP contribution is 2.28. The van der Waals surface area contributed by atoms with Crippen molar-refractivity contribution in [1.82, 2.24) is 9.88 Å². The molecule has 0 saturated carbocycles. The van der Waals surface area contributed by atoms with Gasteiger partial charge in [0.2, 0.25) is 5.88 Å². The van der Waals surface area contributed by atoms with Crippen LogP contribution < -0.4 is 10.1 Å². The van der Waals surface area contributed by atoms with Crippen LogP contribution in [0, 0.1) is 0 Å². The van der Waals surface area contributed by atoms with E-state index in [-0.39, 0.29) is 0 Å². The smallest absolute Gasteiger partial charge is 0.221 e. The Morgan fingerprint density at radius 3 is 2.76 bits per heavy atom. The zero-order valence-corrected chi connectivity index (χ0v) is 12.9. The van der Waals surface area contributed by atoms with Crippen LogP contribution in [-0.4, -0.2) is 57.4 Å². The van der Waals surface area contributed by atoms with Gasteiger partial charge in [-0.1, -0.05) is 6.07 Å². The lowest BCUT2D eigenvalue weighted by Gasteiger charge is -2.13. The van der Waals surface area contributed by atoms with Crippen LogP contribution in [0.1, 0.15) is 0 Å². The van der Waals surface area contributed by atoms with Gasteiger partial charge in [0, 0.05) is 42.9 Å². The lowest BCUT2D eigenvalue weighted by Crippen LogP contribution is -2.19. The Morgan fingerprint density at radius 2 is 2.00 bits per heavy atom. The van der Waals surface area contributed by atoms with E-state index < -0.39 is 0 Å². The van der Waals surface area contributed by atoms with E-state index in [2.05, 4.69) is 21.3 Å². The number of fused-ring (bicyclic) bond motifs is 1. The predicted octanol–water partition coefficient (Wildman–Crippen LogP) is 2.23. The lowest BCUT2D eigenvalue weighted by atomic mass is 10.1. The van der Waals surface area contributed by atoms with Crippen molar-refractivity contribution in [3.8, 4) is 5.88 Å². The minimum Gasteiger partial charge on any atom is -0.476 e. The summed E-state index contributed by atoms with van der Waals surface area (Å²) in [7, 11) is 5.75. The van der Waals surface area contributed by atoms with Gasteiger partial charge in [0.25, 0.3) is 0 Å². The number of methoxy groups -OCH3 is 1.